The largest absolute Gasteiger partial charge is 0.481 e. The maximum atomic E-state index is 11.6. The molecule has 1 fully saturated rings. The number of benzene rings is 1. The maximum Gasteiger partial charge on any atom is 0.311 e. The lowest BCUT2D eigenvalue weighted by atomic mass is 9.77. The van der Waals surface area contributed by atoms with E-state index in [0.717, 1.165) is 23.1 Å². The second-order valence-electron chi connectivity index (χ2n) is 5.21. The monoisotopic (exact) mass is 336 g/mol. The van der Waals surface area contributed by atoms with Crippen LogP contribution in [0.2, 0.25) is 0 Å². The van der Waals surface area contributed by atoms with Crippen LogP contribution >= 0.6 is 15.9 Å². The van der Waals surface area contributed by atoms with E-state index in [9.17, 15) is 15.2 Å². The average Bonchev–Trinajstić information content (AvgIpc) is 2.46. The van der Waals surface area contributed by atoms with Gasteiger partial charge in [0.25, 0.3) is 0 Å². The molecule has 1 saturated heterocycles. The number of aliphatic carboxylic acids is 1. The molecule has 0 amide bonds. The Morgan fingerprint density at radius 2 is 2.35 bits per heavy atom. The highest BCUT2D eigenvalue weighted by Crippen LogP contribution is 2.37. The minimum atomic E-state index is -0.738. The van der Waals surface area contributed by atoms with Gasteiger partial charge in [-0.3, -0.25) is 4.79 Å². The fourth-order valence-corrected chi connectivity index (χ4v) is 3.28. The molecule has 1 aromatic rings. The van der Waals surface area contributed by atoms with Crippen molar-refractivity contribution in [1.82, 2.24) is 0 Å². The SMILES string of the molecule is CCC1(C(=O)O)CCCN(c2cccc(Br)c2C#N)C1. The van der Waals surface area contributed by atoms with Gasteiger partial charge in [-0.1, -0.05) is 13.0 Å². The number of hydrogen-bond donors (Lipinski definition) is 1. The van der Waals surface area contributed by atoms with Gasteiger partial charge in [-0.25, -0.2) is 0 Å². The van der Waals surface area contributed by atoms with Crippen molar-refractivity contribution in [2.45, 2.75) is 26.2 Å². The van der Waals surface area contributed by atoms with Gasteiger partial charge in [-0.05, 0) is 47.3 Å². The summed E-state index contributed by atoms with van der Waals surface area (Å²) in [6, 6.07) is 7.79. The third-order valence-electron chi connectivity index (χ3n) is 4.15. The number of hydrogen-bond acceptors (Lipinski definition) is 3. The molecule has 0 bridgehead atoms. The molecule has 106 valence electrons. The smallest absolute Gasteiger partial charge is 0.311 e. The molecule has 1 unspecified atom stereocenters. The van der Waals surface area contributed by atoms with Crippen LogP contribution in [0.4, 0.5) is 5.69 Å². The Morgan fingerprint density at radius 1 is 1.60 bits per heavy atom. The Balaban J connectivity index is 2.37. The van der Waals surface area contributed by atoms with Crippen molar-refractivity contribution in [3.63, 3.8) is 0 Å². The molecule has 1 N–H and O–H groups in total. The van der Waals surface area contributed by atoms with E-state index in [1.165, 1.54) is 0 Å². The zero-order valence-electron chi connectivity index (χ0n) is 11.4. The lowest BCUT2D eigenvalue weighted by Crippen LogP contribution is -2.47. The number of carboxylic acids is 1. The Kier molecular flexibility index (Phi) is 4.34. The second-order valence-corrected chi connectivity index (χ2v) is 6.06. The summed E-state index contributed by atoms with van der Waals surface area (Å²) in [7, 11) is 0. The average molecular weight is 337 g/mol. The molecule has 4 nitrogen and oxygen atoms in total. The molecule has 1 aromatic carbocycles. The number of nitrogens with zero attached hydrogens (tertiary/aromatic N) is 2. The highest BCUT2D eigenvalue weighted by Gasteiger charge is 2.41. The predicted octanol–water partition coefficient (Wildman–Crippen LogP) is 3.40. The summed E-state index contributed by atoms with van der Waals surface area (Å²) in [5.41, 5.74) is 0.693. The van der Waals surface area contributed by atoms with E-state index < -0.39 is 11.4 Å². The predicted molar refractivity (Wildman–Crippen MR) is 80.7 cm³/mol. The van der Waals surface area contributed by atoms with Crippen LogP contribution in [-0.2, 0) is 4.79 Å². The van der Waals surface area contributed by atoms with E-state index in [0.29, 0.717) is 24.9 Å². The summed E-state index contributed by atoms with van der Waals surface area (Å²) < 4.78 is 0.750. The summed E-state index contributed by atoms with van der Waals surface area (Å²) in [6.45, 7) is 3.17. The molecule has 0 aliphatic carbocycles. The summed E-state index contributed by atoms with van der Waals surface area (Å²) in [5, 5.41) is 18.8. The molecular weight excluding hydrogens is 320 g/mol. The fraction of sp³-hybridized carbons (Fsp3) is 0.467. The summed E-state index contributed by atoms with van der Waals surface area (Å²) >= 11 is 3.38. The summed E-state index contributed by atoms with van der Waals surface area (Å²) in [5.74, 6) is -0.738. The Bertz CT molecular complexity index is 567. The molecule has 5 heteroatoms. The Morgan fingerprint density at radius 3 is 2.95 bits per heavy atom. The zero-order chi connectivity index (χ0) is 14.8. The molecule has 1 aliphatic heterocycles. The van der Waals surface area contributed by atoms with Crippen LogP contribution in [0.15, 0.2) is 22.7 Å². The normalized spacial score (nSPS) is 22.4. The second kappa shape index (κ2) is 5.84. The van der Waals surface area contributed by atoms with Crippen molar-refractivity contribution in [3.05, 3.63) is 28.2 Å². The molecule has 0 saturated carbocycles. The van der Waals surface area contributed by atoms with Crippen molar-refractivity contribution < 1.29 is 9.90 Å². The minimum Gasteiger partial charge on any atom is -0.481 e. The van der Waals surface area contributed by atoms with E-state index >= 15 is 0 Å². The van der Waals surface area contributed by atoms with E-state index in [-0.39, 0.29) is 0 Å². The Hall–Kier alpha value is -1.54. The van der Waals surface area contributed by atoms with Gasteiger partial charge in [0, 0.05) is 17.6 Å². The van der Waals surface area contributed by atoms with Gasteiger partial charge in [0.2, 0.25) is 0 Å². The molecule has 0 aromatic heterocycles. The first-order valence-corrected chi connectivity index (χ1v) is 7.50. The van der Waals surface area contributed by atoms with Crippen LogP contribution in [0.5, 0.6) is 0 Å². The number of carbonyl (C=O) groups is 1. The van der Waals surface area contributed by atoms with Crippen LogP contribution in [0.1, 0.15) is 31.7 Å². The van der Waals surface area contributed by atoms with Crippen LogP contribution in [0.3, 0.4) is 0 Å². The number of halogens is 1. The van der Waals surface area contributed by atoms with Gasteiger partial charge in [-0.2, -0.15) is 5.26 Å². The minimum absolute atomic E-state index is 0.462. The highest BCUT2D eigenvalue weighted by molar-refractivity contribution is 9.10. The number of nitriles is 1. The third-order valence-corrected chi connectivity index (χ3v) is 4.81. The van der Waals surface area contributed by atoms with Gasteiger partial charge >= 0.3 is 5.97 Å². The standard InChI is InChI=1S/C15H17BrN2O2/c1-2-15(14(19)20)7-4-8-18(10-15)13-6-3-5-12(16)11(13)9-17/h3,5-6H,2,4,7-8,10H2,1H3,(H,19,20). The molecule has 0 spiro atoms. The van der Waals surface area contributed by atoms with E-state index in [1.807, 2.05) is 30.0 Å². The quantitative estimate of drug-likeness (QED) is 0.918. The van der Waals surface area contributed by atoms with Crippen molar-refractivity contribution >= 4 is 27.6 Å². The van der Waals surface area contributed by atoms with Crippen molar-refractivity contribution in [3.8, 4) is 6.07 Å². The fourth-order valence-electron chi connectivity index (χ4n) is 2.84. The van der Waals surface area contributed by atoms with Crippen molar-refractivity contribution in [2.75, 3.05) is 18.0 Å². The third kappa shape index (κ3) is 2.53. The molecule has 1 atom stereocenters. The highest BCUT2D eigenvalue weighted by atomic mass is 79.9. The number of rotatable bonds is 3. The van der Waals surface area contributed by atoms with E-state index in [2.05, 4.69) is 22.0 Å². The first-order chi connectivity index (χ1) is 9.54. The molecule has 2 rings (SSSR count). The number of piperidine rings is 1. The molecule has 0 radical (unpaired) electrons. The first-order valence-electron chi connectivity index (χ1n) is 6.71. The van der Waals surface area contributed by atoms with Crippen LogP contribution in [-0.4, -0.2) is 24.2 Å². The zero-order valence-corrected chi connectivity index (χ0v) is 13.0. The summed E-state index contributed by atoms with van der Waals surface area (Å²) in [4.78, 5) is 13.6. The molecule has 1 heterocycles. The lowest BCUT2D eigenvalue weighted by molar-refractivity contribution is -0.149. The maximum absolute atomic E-state index is 11.6. The number of carboxylic acid groups (broad SMARTS) is 1. The molecule has 1 aliphatic rings. The number of anilines is 1. The molecule has 20 heavy (non-hydrogen) atoms. The van der Waals surface area contributed by atoms with Crippen molar-refractivity contribution in [2.24, 2.45) is 5.41 Å². The van der Waals surface area contributed by atoms with Crippen molar-refractivity contribution in [1.29, 1.82) is 5.26 Å². The van der Waals surface area contributed by atoms with Crippen LogP contribution < -0.4 is 4.90 Å². The van der Waals surface area contributed by atoms with Gasteiger partial charge in [0.05, 0.1) is 16.7 Å². The van der Waals surface area contributed by atoms with Gasteiger partial charge in [0.15, 0.2) is 0 Å². The van der Waals surface area contributed by atoms with Crippen LogP contribution in [0.25, 0.3) is 0 Å². The lowest BCUT2D eigenvalue weighted by Gasteiger charge is -2.41. The van der Waals surface area contributed by atoms with Gasteiger partial charge < -0.3 is 10.0 Å². The van der Waals surface area contributed by atoms with Crippen LogP contribution in [0, 0.1) is 16.7 Å². The van der Waals surface area contributed by atoms with Gasteiger partial charge in [-0.15, -0.1) is 0 Å². The van der Waals surface area contributed by atoms with E-state index in [4.69, 9.17) is 0 Å². The summed E-state index contributed by atoms with van der Waals surface area (Å²) in [6.07, 6.45) is 2.14. The first kappa shape index (κ1) is 14.9. The van der Waals surface area contributed by atoms with E-state index in [1.54, 1.807) is 0 Å². The Labute approximate surface area is 127 Å². The topological polar surface area (TPSA) is 64.3 Å². The van der Waals surface area contributed by atoms with Gasteiger partial charge in [0.1, 0.15) is 6.07 Å². The molecular formula is C15H17BrN2O2.